The fourth-order valence-corrected chi connectivity index (χ4v) is 1.68. The van der Waals surface area contributed by atoms with Crippen LogP contribution in [-0.4, -0.2) is 41.0 Å². The summed E-state index contributed by atoms with van der Waals surface area (Å²) in [5.41, 5.74) is 0. The van der Waals surface area contributed by atoms with Crippen molar-refractivity contribution in [1.29, 1.82) is 0 Å². The standard InChI is InChI=1S/C12H23N5O/c1-13-12(18)6-8-14-7-4-2-3-5-10-17-11-9-15-16-17/h9,11,14H,2-8,10H2,1H3,(H,13,18). The molecule has 1 amide bonds. The van der Waals surface area contributed by atoms with Crippen LogP contribution in [0.25, 0.3) is 0 Å². The molecule has 0 spiro atoms. The first kappa shape index (κ1) is 14.6. The van der Waals surface area contributed by atoms with E-state index in [2.05, 4.69) is 20.9 Å². The Morgan fingerprint density at radius 3 is 2.78 bits per heavy atom. The van der Waals surface area contributed by atoms with Gasteiger partial charge in [0.05, 0.1) is 6.20 Å². The van der Waals surface area contributed by atoms with E-state index in [1.165, 1.54) is 12.8 Å². The van der Waals surface area contributed by atoms with Gasteiger partial charge in [0.2, 0.25) is 5.91 Å². The lowest BCUT2D eigenvalue weighted by Gasteiger charge is -2.04. The van der Waals surface area contributed by atoms with Gasteiger partial charge in [-0.1, -0.05) is 18.1 Å². The summed E-state index contributed by atoms with van der Waals surface area (Å²) in [5, 5.41) is 13.5. The molecule has 0 radical (unpaired) electrons. The largest absolute Gasteiger partial charge is 0.359 e. The van der Waals surface area contributed by atoms with Crippen LogP contribution >= 0.6 is 0 Å². The van der Waals surface area contributed by atoms with Crippen molar-refractivity contribution in [3.05, 3.63) is 12.4 Å². The van der Waals surface area contributed by atoms with E-state index in [1.54, 1.807) is 13.2 Å². The van der Waals surface area contributed by atoms with Crippen LogP contribution in [0.15, 0.2) is 12.4 Å². The first-order chi connectivity index (χ1) is 8.83. The van der Waals surface area contributed by atoms with E-state index in [0.717, 1.165) is 32.5 Å². The normalized spacial score (nSPS) is 10.5. The van der Waals surface area contributed by atoms with Crippen LogP contribution < -0.4 is 10.6 Å². The number of carbonyl (C=O) groups is 1. The molecule has 18 heavy (non-hydrogen) atoms. The zero-order valence-corrected chi connectivity index (χ0v) is 11.1. The fraction of sp³-hybridized carbons (Fsp3) is 0.750. The highest BCUT2D eigenvalue weighted by atomic mass is 16.1. The Labute approximate surface area is 108 Å². The van der Waals surface area contributed by atoms with Crippen LogP contribution in [0.5, 0.6) is 0 Å². The lowest BCUT2D eigenvalue weighted by Crippen LogP contribution is -2.25. The summed E-state index contributed by atoms with van der Waals surface area (Å²) in [6.45, 7) is 2.70. The Balaban J connectivity index is 1.80. The summed E-state index contributed by atoms with van der Waals surface area (Å²) in [6, 6.07) is 0. The molecular formula is C12H23N5O. The monoisotopic (exact) mass is 253 g/mol. The Morgan fingerprint density at radius 2 is 2.06 bits per heavy atom. The molecule has 0 aromatic carbocycles. The summed E-state index contributed by atoms with van der Waals surface area (Å²) >= 11 is 0. The molecule has 1 rings (SSSR count). The molecule has 0 unspecified atom stereocenters. The zero-order valence-electron chi connectivity index (χ0n) is 11.1. The van der Waals surface area contributed by atoms with Crippen molar-refractivity contribution < 1.29 is 4.79 Å². The summed E-state index contributed by atoms with van der Waals surface area (Å²) < 4.78 is 1.86. The molecule has 0 atom stereocenters. The highest BCUT2D eigenvalue weighted by molar-refractivity contribution is 5.75. The van der Waals surface area contributed by atoms with Gasteiger partial charge in [-0.3, -0.25) is 9.48 Å². The maximum Gasteiger partial charge on any atom is 0.221 e. The van der Waals surface area contributed by atoms with Gasteiger partial charge in [-0.05, 0) is 19.4 Å². The number of amides is 1. The zero-order chi connectivity index (χ0) is 13.1. The van der Waals surface area contributed by atoms with Gasteiger partial charge in [0, 0.05) is 32.8 Å². The van der Waals surface area contributed by atoms with Crippen LogP contribution in [0.4, 0.5) is 0 Å². The van der Waals surface area contributed by atoms with Crippen molar-refractivity contribution in [1.82, 2.24) is 25.6 Å². The molecule has 0 saturated heterocycles. The molecule has 1 aromatic rings. The van der Waals surface area contributed by atoms with Crippen LogP contribution in [0.3, 0.4) is 0 Å². The van der Waals surface area contributed by atoms with Gasteiger partial charge in [0.25, 0.3) is 0 Å². The van der Waals surface area contributed by atoms with Gasteiger partial charge in [-0.15, -0.1) is 5.10 Å². The van der Waals surface area contributed by atoms with Crippen molar-refractivity contribution in [2.45, 2.75) is 38.6 Å². The summed E-state index contributed by atoms with van der Waals surface area (Å²) in [6.07, 6.45) is 8.87. The van der Waals surface area contributed by atoms with Crippen molar-refractivity contribution in [3.63, 3.8) is 0 Å². The first-order valence-corrected chi connectivity index (χ1v) is 6.58. The van der Waals surface area contributed by atoms with Crippen molar-refractivity contribution in [2.24, 2.45) is 0 Å². The molecule has 0 aliphatic heterocycles. The van der Waals surface area contributed by atoms with E-state index in [4.69, 9.17) is 0 Å². The average Bonchev–Trinajstić information content (AvgIpc) is 2.89. The Morgan fingerprint density at radius 1 is 1.22 bits per heavy atom. The summed E-state index contributed by atoms with van der Waals surface area (Å²) in [4.78, 5) is 10.9. The number of unbranched alkanes of at least 4 members (excludes halogenated alkanes) is 3. The number of hydrogen-bond donors (Lipinski definition) is 2. The van der Waals surface area contributed by atoms with E-state index in [9.17, 15) is 4.79 Å². The van der Waals surface area contributed by atoms with E-state index in [1.807, 2.05) is 10.9 Å². The number of hydrogen-bond acceptors (Lipinski definition) is 4. The predicted octanol–water partition coefficient (Wildman–Crippen LogP) is 0.564. The number of aryl methyl sites for hydroxylation is 1. The molecule has 6 heteroatoms. The second kappa shape index (κ2) is 9.58. The molecule has 1 aromatic heterocycles. The smallest absolute Gasteiger partial charge is 0.221 e. The lowest BCUT2D eigenvalue weighted by molar-refractivity contribution is -0.120. The maximum absolute atomic E-state index is 10.9. The highest BCUT2D eigenvalue weighted by Gasteiger charge is 1.96. The van der Waals surface area contributed by atoms with Gasteiger partial charge in [-0.25, -0.2) is 0 Å². The van der Waals surface area contributed by atoms with E-state index in [-0.39, 0.29) is 5.91 Å². The van der Waals surface area contributed by atoms with Gasteiger partial charge in [0.15, 0.2) is 0 Å². The molecule has 0 fully saturated rings. The summed E-state index contributed by atoms with van der Waals surface area (Å²) in [5.74, 6) is 0.0929. The van der Waals surface area contributed by atoms with Crippen LogP contribution in [0.2, 0.25) is 0 Å². The molecule has 6 nitrogen and oxygen atoms in total. The van der Waals surface area contributed by atoms with E-state index >= 15 is 0 Å². The highest BCUT2D eigenvalue weighted by Crippen LogP contribution is 2.00. The topological polar surface area (TPSA) is 71.8 Å². The minimum absolute atomic E-state index is 0.0929. The molecule has 1 heterocycles. The second-order valence-corrected chi connectivity index (χ2v) is 4.25. The minimum atomic E-state index is 0.0929. The summed E-state index contributed by atoms with van der Waals surface area (Å²) in [7, 11) is 1.66. The third kappa shape index (κ3) is 7.01. The molecule has 0 aliphatic rings. The fourth-order valence-electron chi connectivity index (χ4n) is 1.68. The third-order valence-electron chi connectivity index (χ3n) is 2.77. The van der Waals surface area contributed by atoms with Crippen LogP contribution in [0, 0.1) is 0 Å². The minimum Gasteiger partial charge on any atom is -0.359 e. The third-order valence-corrected chi connectivity index (χ3v) is 2.77. The Bertz CT molecular complexity index is 312. The number of nitrogens with zero attached hydrogens (tertiary/aromatic N) is 3. The molecule has 2 N–H and O–H groups in total. The molecule has 0 saturated carbocycles. The predicted molar refractivity (Wildman–Crippen MR) is 70.0 cm³/mol. The first-order valence-electron chi connectivity index (χ1n) is 6.58. The maximum atomic E-state index is 10.9. The van der Waals surface area contributed by atoms with Crippen LogP contribution in [0.1, 0.15) is 32.1 Å². The molecule has 102 valence electrons. The lowest BCUT2D eigenvalue weighted by atomic mass is 10.2. The number of aromatic nitrogens is 3. The molecule has 0 bridgehead atoms. The SMILES string of the molecule is CNC(=O)CCNCCCCCCn1ccnn1. The molecular weight excluding hydrogens is 230 g/mol. The van der Waals surface area contributed by atoms with Crippen molar-refractivity contribution >= 4 is 5.91 Å². The van der Waals surface area contributed by atoms with Gasteiger partial charge in [0.1, 0.15) is 0 Å². The van der Waals surface area contributed by atoms with Gasteiger partial charge in [-0.2, -0.15) is 0 Å². The number of carbonyl (C=O) groups excluding carboxylic acids is 1. The van der Waals surface area contributed by atoms with Gasteiger partial charge < -0.3 is 10.6 Å². The average molecular weight is 253 g/mol. The quantitative estimate of drug-likeness (QED) is 0.598. The number of rotatable bonds is 10. The van der Waals surface area contributed by atoms with Crippen molar-refractivity contribution in [2.75, 3.05) is 20.1 Å². The van der Waals surface area contributed by atoms with Crippen LogP contribution in [-0.2, 0) is 11.3 Å². The van der Waals surface area contributed by atoms with E-state index in [0.29, 0.717) is 6.42 Å². The van der Waals surface area contributed by atoms with Crippen molar-refractivity contribution in [3.8, 4) is 0 Å². The van der Waals surface area contributed by atoms with E-state index < -0.39 is 0 Å². The Kier molecular flexibility index (Phi) is 7.79. The molecule has 0 aliphatic carbocycles. The van der Waals surface area contributed by atoms with Gasteiger partial charge >= 0.3 is 0 Å². The second-order valence-electron chi connectivity index (χ2n) is 4.25. The Hall–Kier alpha value is -1.43. The number of nitrogens with one attached hydrogen (secondary N) is 2.